The van der Waals surface area contributed by atoms with E-state index in [0.29, 0.717) is 0 Å². The molecule has 0 amide bonds. The van der Waals surface area contributed by atoms with Crippen LogP contribution in [0.3, 0.4) is 0 Å². The third-order valence-electron chi connectivity index (χ3n) is 2.99. The van der Waals surface area contributed by atoms with E-state index >= 15 is 0 Å². The smallest absolute Gasteiger partial charge is 0.187 e. The standard InChI is InChI=1S/C14H25N3S/c1-11-9-12(2)17-13(16-11)18-8-6-5-7-14(3,4)10-15/h9H,5-8,10,15H2,1-4H3. The topological polar surface area (TPSA) is 51.8 Å². The van der Waals surface area contributed by atoms with Crippen LogP contribution in [0.2, 0.25) is 0 Å². The Kier molecular flexibility index (Phi) is 6.09. The number of hydrogen-bond donors (Lipinski definition) is 1. The molecule has 1 aromatic heterocycles. The Morgan fingerprint density at radius 1 is 1.17 bits per heavy atom. The van der Waals surface area contributed by atoms with Crippen LogP contribution in [-0.2, 0) is 0 Å². The Labute approximate surface area is 115 Å². The van der Waals surface area contributed by atoms with E-state index in [2.05, 4.69) is 23.8 Å². The Morgan fingerprint density at radius 2 is 1.78 bits per heavy atom. The molecule has 18 heavy (non-hydrogen) atoms. The van der Waals surface area contributed by atoms with Crippen molar-refractivity contribution in [3.8, 4) is 0 Å². The Hall–Kier alpha value is -0.610. The lowest BCUT2D eigenvalue weighted by molar-refractivity contribution is 0.336. The minimum atomic E-state index is 0.279. The van der Waals surface area contributed by atoms with Gasteiger partial charge in [-0.2, -0.15) is 0 Å². The summed E-state index contributed by atoms with van der Waals surface area (Å²) in [6.07, 6.45) is 3.62. The van der Waals surface area contributed by atoms with Crippen molar-refractivity contribution >= 4 is 11.8 Å². The molecule has 4 heteroatoms. The molecular formula is C14H25N3S. The second kappa shape index (κ2) is 7.10. The van der Waals surface area contributed by atoms with E-state index < -0.39 is 0 Å². The monoisotopic (exact) mass is 267 g/mol. The summed E-state index contributed by atoms with van der Waals surface area (Å²) in [4.78, 5) is 8.86. The quantitative estimate of drug-likeness (QED) is 0.467. The van der Waals surface area contributed by atoms with Crippen molar-refractivity contribution in [2.75, 3.05) is 12.3 Å². The summed E-state index contributed by atoms with van der Waals surface area (Å²) in [5, 5.41) is 0.908. The fourth-order valence-electron chi connectivity index (χ4n) is 1.73. The third kappa shape index (κ3) is 5.83. The number of aromatic nitrogens is 2. The molecule has 0 unspecified atom stereocenters. The molecule has 0 saturated carbocycles. The fraction of sp³-hybridized carbons (Fsp3) is 0.714. The van der Waals surface area contributed by atoms with Gasteiger partial charge in [0.15, 0.2) is 5.16 Å². The van der Waals surface area contributed by atoms with Gasteiger partial charge < -0.3 is 5.73 Å². The first kappa shape index (κ1) is 15.4. The molecule has 1 rings (SSSR count). The molecule has 1 heterocycles. The van der Waals surface area contributed by atoms with E-state index in [1.54, 1.807) is 11.8 Å². The molecule has 0 fully saturated rings. The molecule has 0 aliphatic heterocycles. The fourth-order valence-corrected chi connectivity index (χ4v) is 2.68. The molecule has 0 bridgehead atoms. The maximum atomic E-state index is 5.72. The van der Waals surface area contributed by atoms with Crippen molar-refractivity contribution in [3.05, 3.63) is 17.5 Å². The highest BCUT2D eigenvalue weighted by atomic mass is 32.2. The highest BCUT2D eigenvalue weighted by Crippen LogP contribution is 2.23. The van der Waals surface area contributed by atoms with Gasteiger partial charge in [-0.3, -0.25) is 0 Å². The molecule has 0 radical (unpaired) electrons. The van der Waals surface area contributed by atoms with E-state index in [-0.39, 0.29) is 5.41 Å². The van der Waals surface area contributed by atoms with Gasteiger partial charge in [0.1, 0.15) is 0 Å². The van der Waals surface area contributed by atoms with Gasteiger partial charge in [0.05, 0.1) is 0 Å². The summed E-state index contributed by atoms with van der Waals surface area (Å²) < 4.78 is 0. The number of rotatable bonds is 7. The molecule has 0 aliphatic rings. The lowest BCUT2D eigenvalue weighted by Crippen LogP contribution is -2.23. The number of aryl methyl sites for hydroxylation is 2. The predicted molar refractivity (Wildman–Crippen MR) is 78.9 cm³/mol. The minimum absolute atomic E-state index is 0.279. The first-order valence-electron chi connectivity index (χ1n) is 6.58. The van der Waals surface area contributed by atoms with Gasteiger partial charge in [-0.15, -0.1) is 0 Å². The highest BCUT2D eigenvalue weighted by Gasteiger charge is 2.14. The first-order valence-corrected chi connectivity index (χ1v) is 7.57. The second-order valence-electron chi connectivity index (χ2n) is 5.61. The van der Waals surface area contributed by atoms with Gasteiger partial charge in [0.25, 0.3) is 0 Å². The Balaban J connectivity index is 2.26. The summed E-state index contributed by atoms with van der Waals surface area (Å²) in [6, 6.07) is 2.01. The lowest BCUT2D eigenvalue weighted by atomic mass is 9.88. The van der Waals surface area contributed by atoms with Crippen molar-refractivity contribution in [3.63, 3.8) is 0 Å². The van der Waals surface area contributed by atoms with Crippen LogP contribution in [-0.4, -0.2) is 22.3 Å². The van der Waals surface area contributed by atoms with Gasteiger partial charge >= 0.3 is 0 Å². The molecule has 0 aromatic carbocycles. The summed E-state index contributed by atoms with van der Waals surface area (Å²) in [5.41, 5.74) is 8.10. The normalized spacial score (nSPS) is 11.8. The van der Waals surface area contributed by atoms with Gasteiger partial charge in [-0.05, 0) is 44.7 Å². The third-order valence-corrected chi connectivity index (χ3v) is 3.93. The Bertz CT molecular complexity index is 357. The van der Waals surface area contributed by atoms with Gasteiger partial charge in [0, 0.05) is 17.1 Å². The van der Waals surface area contributed by atoms with E-state index in [0.717, 1.165) is 28.8 Å². The van der Waals surface area contributed by atoms with Crippen molar-refractivity contribution in [2.45, 2.75) is 52.1 Å². The number of thioether (sulfide) groups is 1. The van der Waals surface area contributed by atoms with E-state index in [9.17, 15) is 0 Å². The molecule has 3 nitrogen and oxygen atoms in total. The molecule has 2 N–H and O–H groups in total. The molecular weight excluding hydrogens is 242 g/mol. The zero-order valence-corrected chi connectivity index (χ0v) is 12.8. The Morgan fingerprint density at radius 3 is 2.33 bits per heavy atom. The first-order chi connectivity index (χ1) is 8.43. The lowest BCUT2D eigenvalue weighted by Gasteiger charge is -2.21. The van der Waals surface area contributed by atoms with Crippen LogP contribution >= 0.6 is 11.8 Å². The van der Waals surface area contributed by atoms with Gasteiger partial charge in [-0.1, -0.05) is 32.0 Å². The van der Waals surface area contributed by atoms with E-state index in [4.69, 9.17) is 5.73 Å². The summed E-state index contributed by atoms with van der Waals surface area (Å²) in [7, 11) is 0. The van der Waals surface area contributed by atoms with Crippen molar-refractivity contribution in [1.82, 2.24) is 9.97 Å². The molecule has 0 spiro atoms. The average Bonchev–Trinajstić information content (AvgIpc) is 2.27. The highest BCUT2D eigenvalue weighted by molar-refractivity contribution is 7.99. The maximum Gasteiger partial charge on any atom is 0.187 e. The molecule has 1 aromatic rings. The van der Waals surface area contributed by atoms with Crippen LogP contribution in [0.1, 0.15) is 44.5 Å². The second-order valence-corrected chi connectivity index (χ2v) is 6.67. The minimum Gasteiger partial charge on any atom is -0.330 e. The van der Waals surface area contributed by atoms with Crippen molar-refractivity contribution < 1.29 is 0 Å². The van der Waals surface area contributed by atoms with E-state index in [1.807, 2.05) is 19.9 Å². The van der Waals surface area contributed by atoms with E-state index in [1.165, 1.54) is 19.3 Å². The number of unbranched alkanes of at least 4 members (excludes halogenated alkanes) is 1. The largest absolute Gasteiger partial charge is 0.330 e. The molecule has 0 atom stereocenters. The number of hydrogen-bond acceptors (Lipinski definition) is 4. The molecule has 0 aliphatic carbocycles. The van der Waals surface area contributed by atoms with Gasteiger partial charge in [0.2, 0.25) is 0 Å². The van der Waals surface area contributed by atoms with Crippen LogP contribution in [0.4, 0.5) is 0 Å². The molecule has 102 valence electrons. The zero-order valence-electron chi connectivity index (χ0n) is 12.0. The summed E-state index contributed by atoms with van der Waals surface area (Å²) in [5.74, 6) is 1.09. The summed E-state index contributed by atoms with van der Waals surface area (Å²) >= 11 is 1.75. The van der Waals surface area contributed by atoms with Gasteiger partial charge in [-0.25, -0.2) is 9.97 Å². The number of nitrogens with zero attached hydrogens (tertiary/aromatic N) is 2. The SMILES string of the molecule is Cc1cc(C)nc(SCCCCC(C)(C)CN)n1. The summed E-state index contributed by atoms with van der Waals surface area (Å²) in [6.45, 7) is 9.26. The van der Waals surface area contributed by atoms with Crippen molar-refractivity contribution in [2.24, 2.45) is 11.1 Å². The zero-order chi connectivity index (χ0) is 13.6. The van der Waals surface area contributed by atoms with Crippen molar-refractivity contribution in [1.29, 1.82) is 0 Å². The van der Waals surface area contributed by atoms with Crippen LogP contribution in [0.25, 0.3) is 0 Å². The van der Waals surface area contributed by atoms with Crippen LogP contribution in [0.5, 0.6) is 0 Å². The predicted octanol–water partition coefficient (Wildman–Crippen LogP) is 3.34. The number of nitrogens with two attached hydrogens (primary N) is 1. The van der Waals surface area contributed by atoms with Crippen LogP contribution in [0.15, 0.2) is 11.2 Å². The molecule has 0 saturated heterocycles. The van der Waals surface area contributed by atoms with Crippen LogP contribution < -0.4 is 5.73 Å². The maximum absolute atomic E-state index is 5.72. The average molecular weight is 267 g/mol. The van der Waals surface area contributed by atoms with Crippen LogP contribution in [0, 0.1) is 19.3 Å².